The number of aromatic nitrogens is 2. The molecule has 1 rings (SSSR count). The van der Waals surface area contributed by atoms with Gasteiger partial charge >= 0.3 is 5.97 Å². The van der Waals surface area contributed by atoms with Gasteiger partial charge in [0.05, 0.1) is 0 Å². The van der Waals surface area contributed by atoms with E-state index in [4.69, 9.17) is 10.8 Å². The summed E-state index contributed by atoms with van der Waals surface area (Å²) in [5.74, 6) is -0.561. The minimum Gasteiger partial charge on any atom is -0.480 e. The van der Waals surface area contributed by atoms with Crippen molar-refractivity contribution in [1.29, 1.82) is 0 Å². The monoisotopic (exact) mass is 243 g/mol. The van der Waals surface area contributed by atoms with E-state index < -0.39 is 11.5 Å². The van der Waals surface area contributed by atoms with E-state index in [0.717, 1.165) is 0 Å². The number of hydrogen-bond acceptors (Lipinski definition) is 5. The van der Waals surface area contributed by atoms with Gasteiger partial charge in [-0.3, -0.25) is 9.59 Å². The number of hydrogen-bond donors (Lipinski definition) is 3. The Bertz CT molecular complexity index is 430. The van der Waals surface area contributed by atoms with Crippen molar-refractivity contribution in [1.82, 2.24) is 9.97 Å². The fraction of sp³-hybridized carbons (Fsp3) is 0.444. The van der Waals surface area contributed by atoms with Crippen LogP contribution in [0.25, 0.3) is 0 Å². The Labute approximate surface area is 96.3 Å². The molecule has 1 unspecified atom stereocenters. The number of rotatable bonds is 5. The fourth-order valence-corrected chi connectivity index (χ4v) is 1.92. The summed E-state index contributed by atoms with van der Waals surface area (Å²) in [5.41, 5.74) is 4.07. The Kier molecular flexibility index (Phi) is 4.08. The second-order valence-corrected chi connectivity index (χ2v) is 4.64. The molecule has 16 heavy (non-hydrogen) atoms. The van der Waals surface area contributed by atoms with Crippen LogP contribution in [0.15, 0.2) is 22.2 Å². The van der Waals surface area contributed by atoms with Gasteiger partial charge in [0, 0.05) is 18.0 Å². The predicted molar refractivity (Wildman–Crippen MR) is 60.4 cm³/mol. The van der Waals surface area contributed by atoms with Gasteiger partial charge in [-0.25, -0.2) is 4.98 Å². The van der Waals surface area contributed by atoms with Gasteiger partial charge in [0.1, 0.15) is 5.54 Å². The second-order valence-electron chi connectivity index (χ2n) is 3.56. The van der Waals surface area contributed by atoms with E-state index in [1.807, 2.05) is 0 Å². The van der Waals surface area contributed by atoms with Gasteiger partial charge in [-0.1, -0.05) is 11.8 Å². The Morgan fingerprint density at radius 2 is 2.44 bits per heavy atom. The maximum absolute atomic E-state index is 10.9. The SMILES string of the molecule is CC(N)(CCSc1nccc(=O)[nH]1)C(=O)O. The maximum Gasteiger partial charge on any atom is 0.323 e. The first-order chi connectivity index (χ1) is 7.42. The third kappa shape index (κ3) is 3.67. The van der Waals surface area contributed by atoms with Crippen LogP contribution in [-0.4, -0.2) is 32.3 Å². The van der Waals surface area contributed by atoms with E-state index in [1.165, 1.54) is 30.9 Å². The molecule has 0 saturated heterocycles. The van der Waals surface area contributed by atoms with Crippen molar-refractivity contribution in [2.75, 3.05) is 5.75 Å². The summed E-state index contributed by atoms with van der Waals surface area (Å²) >= 11 is 1.27. The van der Waals surface area contributed by atoms with Crippen LogP contribution >= 0.6 is 11.8 Å². The van der Waals surface area contributed by atoms with Crippen molar-refractivity contribution >= 4 is 17.7 Å². The summed E-state index contributed by atoms with van der Waals surface area (Å²) in [6.07, 6.45) is 1.70. The molecule has 0 spiro atoms. The van der Waals surface area contributed by atoms with E-state index in [2.05, 4.69) is 9.97 Å². The highest BCUT2D eigenvalue weighted by molar-refractivity contribution is 7.99. The first-order valence-corrected chi connectivity index (χ1v) is 5.61. The molecule has 88 valence electrons. The van der Waals surface area contributed by atoms with Crippen LogP contribution < -0.4 is 11.3 Å². The van der Waals surface area contributed by atoms with E-state index >= 15 is 0 Å². The zero-order valence-corrected chi connectivity index (χ0v) is 9.58. The van der Waals surface area contributed by atoms with Crippen LogP contribution in [0.3, 0.4) is 0 Å². The van der Waals surface area contributed by atoms with Gasteiger partial charge in [-0.2, -0.15) is 0 Å². The number of nitrogens with zero attached hydrogens (tertiary/aromatic N) is 1. The number of nitrogens with two attached hydrogens (primary N) is 1. The quantitative estimate of drug-likeness (QED) is 0.498. The van der Waals surface area contributed by atoms with E-state index in [1.54, 1.807) is 0 Å². The fourth-order valence-electron chi connectivity index (χ4n) is 0.892. The summed E-state index contributed by atoms with van der Waals surface area (Å²) in [4.78, 5) is 28.1. The first kappa shape index (κ1) is 12.7. The van der Waals surface area contributed by atoms with Crippen molar-refractivity contribution in [2.24, 2.45) is 5.73 Å². The average molecular weight is 243 g/mol. The largest absolute Gasteiger partial charge is 0.480 e. The highest BCUT2D eigenvalue weighted by atomic mass is 32.2. The molecule has 0 amide bonds. The highest BCUT2D eigenvalue weighted by Crippen LogP contribution is 2.16. The molecule has 1 atom stereocenters. The molecule has 0 aliphatic heterocycles. The molecular formula is C9H13N3O3S. The van der Waals surface area contributed by atoms with E-state index in [-0.39, 0.29) is 5.56 Å². The van der Waals surface area contributed by atoms with E-state index in [0.29, 0.717) is 17.3 Å². The van der Waals surface area contributed by atoms with Gasteiger partial charge in [-0.05, 0) is 13.3 Å². The summed E-state index contributed by atoms with van der Waals surface area (Å²) in [6.45, 7) is 1.46. The minimum atomic E-state index is -1.25. The predicted octanol–water partition coefficient (Wildman–Crippen LogP) is 0.0541. The lowest BCUT2D eigenvalue weighted by molar-refractivity contribution is -0.142. The minimum absolute atomic E-state index is 0.230. The number of thioether (sulfide) groups is 1. The summed E-state index contributed by atoms with van der Waals surface area (Å²) in [6, 6.07) is 1.31. The van der Waals surface area contributed by atoms with Gasteiger partial charge in [0.2, 0.25) is 0 Å². The average Bonchev–Trinajstić information content (AvgIpc) is 2.17. The number of aromatic amines is 1. The molecule has 1 aromatic rings. The van der Waals surface area contributed by atoms with E-state index in [9.17, 15) is 9.59 Å². The molecule has 0 saturated carbocycles. The Balaban J connectivity index is 2.48. The Morgan fingerprint density at radius 3 is 3.00 bits per heavy atom. The van der Waals surface area contributed by atoms with Crippen molar-refractivity contribution < 1.29 is 9.90 Å². The van der Waals surface area contributed by atoms with Crippen LogP contribution in [0, 0.1) is 0 Å². The lowest BCUT2D eigenvalue weighted by Gasteiger charge is -2.17. The zero-order valence-electron chi connectivity index (χ0n) is 8.77. The standard InChI is InChI=1S/C9H13N3O3S/c1-9(10,7(14)15)3-5-16-8-11-4-2-6(13)12-8/h2,4H,3,5,10H2,1H3,(H,14,15)(H,11,12,13). The third-order valence-corrected chi connectivity index (χ3v) is 2.89. The summed E-state index contributed by atoms with van der Waals surface area (Å²) in [5, 5.41) is 9.24. The normalized spacial score (nSPS) is 14.4. The molecule has 0 bridgehead atoms. The molecule has 0 radical (unpaired) electrons. The lowest BCUT2D eigenvalue weighted by atomic mass is 10.0. The van der Waals surface area contributed by atoms with Crippen molar-refractivity contribution in [2.45, 2.75) is 24.0 Å². The van der Waals surface area contributed by atoms with Crippen molar-refractivity contribution in [3.8, 4) is 0 Å². The van der Waals surface area contributed by atoms with Crippen molar-refractivity contribution in [3.05, 3.63) is 22.6 Å². The van der Waals surface area contributed by atoms with Crippen LogP contribution in [-0.2, 0) is 4.79 Å². The molecule has 7 heteroatoms. The third-order valence-electron chi connectivity index (χ3n) is 2.00. The molecular weight excluding hydrogens is 230 g/mol. The number of carboxylic acid groups (broad SMARTS) is 1. The molecule has 0 aromatic carbocycles. The molecule has 0 fully saturated rings. The Morgan fingerprint density at radius 1 is 1.75 bits per heavy atom. The van der Waals surface area contributed by atoms with Gasteiger partial charge in [-0.15, -0.1) is 0 Å². The van der Waals surface area contributed by atoms with Crippen LogP contribution in [0.5, 0.6) is 0 Å². The molecule has 0 aliphatic carbocycles. The van der Waals surface area contributed by atoms with Crippen LogP contribution in [0.1, 0.15) is 13.3 Å². The second kappa shape index (κ2) is 5.13. The van der Waals surface area contributed by atoms with Gasteiger partial charge < -0.3 is 15.8 Å². The molecule has 0 aliphatic rings. The summed E-state index contributed by atoms with van der Waals surface area (Å²) in [7, 11) is 0. The highest BCUT2D eigenvalue weighted by Gasteiger charge is 2.27. The molecule has 4 N–H and O–H groups in total. The zero-order chi connectivity index (χ0) is 12.2. The topological polar surface area (TPSA) is 109 Å². The maximum atomic E-state index is 10.9. The Hall–Kier alpha value is -1.34. The number of H-pyrrole nitrogens is 1. The van der Waals surface area contributed by atoms with Crippen molar-refractivity contribution in [3.63, 3.8) is 0 Å². The van der Waals surface area contributed by atoms with Gasteiger partial charge in [0.15, 0.2) is 5.16 Å². The number of aliphatic carboxylic acids is 1. The number of carboxylic acids is 1. The smallest absolute Gasteiger partial charge is 0.323 e. The molecule has 1 aromatic heterocycles. The van der Waals surface area contributed by atoms with Gasteiger partial charge in [0.25, 0.3) is 5.56 Å². The number of nitrogens with one attached hydrogen (secondary N) is 1. The first-order valence-electron chi connectivity index (χ1n) is 4.62. The molecule has 6 nitrogen and oxygen atoms in total. The number of carbonyl (C=O) groups is 1. The lowest BCUT2D eigenvalue weighted by Crippen LogP contribution is -2.45. The van der Waals surface area contributed by atoms with Crippen LogP contribution in [0.2, 0.25) is 0 Å². The van der Waals surface area contributed by atoms with Crippen LogP contribution in [0.4, 0.5) is 0 Å². The summed E-state index contributed by atoms with van der Waals surface area (Å²) < 4.78 is 0. The molecule has 1 heterocycles.